The Morgan fingerprint density at radius 3 is 2.47 bits per heavy atom. The molecule has 1 fully saturated rings. The van der Waals surface area contributed by atoms with Gasteiger partial charge < -0.3 is 14.8 Å². The molecule has 0 unspecified atom stereocenters. The zero-order chi connectivity index (χ0) is 21.7. The average molecular weight is 473 g/mol. The van der Waals surface area contributed by atoms with E-state index in [0.29, 0.717) is 41.1 Å². The number of halogens is 2. The summed E-state index contributed by atoms with van der Waals surface area (Å²) in [6, 6.07) is 9.54. The van der Waals surface area contributed by atoms with E-state index in [1.807, 2.05) is 0 Å². The molecule has 2 aromatic rings. The van der Waals surface area contributed by atoms with Crippen LogP contribution in [-0.2, 0) is 26.0 Å². The van der Waals surface area contributed by atoms with Gasteiger partial charge in [0.1, 0.15) is 10.6 Å². The third-order valence-electron chi connectivity index (χ3n) is 4.51. The second-order valence-electron chi connectivity index (χ2n) is 6.54. The number of benzene rings is 2. The second-order valence-corrected chi connectivity index (χ2v) is 9.26. The van der Waals surface area contributed by atoms with Gasteiger partial charge in [-0.05, 0) is 42.8 Å². The minimum Gasteiger partial charge on any atom is -0.492 e. The number of ether oxygens (including phenoxy) is 2. The van der Waals surface area contributed by atoms with Crippen LogP contribution >= 0.6 is 23.2 Å². The Labute approximate surface area is 185 Å². The number of sulfonamides is 1. The molecule has 3 rings (SSSR count). The molecule has 2 aromatic carbocycles. The van der Waals surface area contributed by atoms with Crippen molar-refractivity contribution in [1.29, 1.82) is 0 Å². The fraction of sp³-hybridized carbons (Fsp3) is 0.350. The smallest absolute Gasteiger partial charge is 0.246 e. The molecule has 0 bridgehead atoms. The zero-order valence-corrected chi connectivity index (χ0v) is 18.7. The van der Waals surface area contributed by atoms with Crippen molar-refractivity contribution in [2.45, 2.75) is 18.2 Å². The van der Waals surface area contributed by atoms with Crippen LogP contribution in [0, 0.1) is 0 Å². The average Bonchev–Trinajstić information content (AvgIpc) is 2.73. The van der Waals surface area contributed by atoms with E-state index in [2.05, 4.69) is 5.32 Å². The lowest BCUT2D eigenvalue weighted by atomic mass is 10.1. The zero-order valence-electron chi connectivity index (χ0n) is 16.4. The standard InChI is InChI=1S/C20H22Cl2N2O5S/c1-2-29-18-7-6-14(12-19(18)30(26,27)24-8-10-28-11-9-24)23-20(25)13-15-16(21)4-3-5-17(15)22/h3-7,12H,2,8-11,13H2,1H3,(H,23,25). The molecule has 0 atom stereocenters. The molecule has 0 radical (unpaired) electrons. The molecular weight excluding hydrogens is 451 g/mol. The van der Waals surface area contributed by atoms with Crippen LogP contribution in [-0.4, -0.2) is 51.5 Å². The van der Waals surface area contributed by atoms with Crippen LogP contribution in [0.25, 0.3) is 0 Å². The molecule has 1 aliphatic rings. The fourth-order valence-corrected chi connectivity index (χ4v) is 5.15. The highest BCUT2D eigenvalue weighted by atomic mass is 35.5. The van der Waals surface area contributed by atoms with Crippen LogP contribution in [0.3, 0.4) is 0 Å². The number of amides is 1. The maximum Gasteiger partial charge on any atom is 0.246 e. The first-order valence-electron chi connectivity index (χ1n) is 9.40. The van der Waals surface area contributed by atoms with Gasteiger partial charge in [0.25, 0.3) is 0 Å². The van der Waals surface area contributed by atoms with Gasteiger partial charge in [-0.15, -0.1) is 0 Å². The van der Waals surface area contributed by atoms with E-state index in [0.717, 1.165) is 0 Å². The number of carbonyl (C=O) groups excluding carboxylic acids is 1. The predicted octanol–water partition coefficient (Wildman–Crippen LogP) is 3.59. The topological polar surface area (TPSA) is 84.9 Å². The molecule has 10 heteroatoms. The summed E-state index contributed by atoms with van der Waals surface area (Å²) in [5.41, 5.74) is 0.837. The van der Waals surface area contributed by atoms with E-state index in [-0.39, 0.29) is 36.1 Å². The van der Waals surface area contributed by atoms with E-state index in [1.54, 1.807) is 31.2 Å². The summed E-state index contributed by atoms with van der Waals surface area (Å²) in [5, 5.41) is 3.49. The molecule has 162 valence electrons. The number of carbonyl (C=O) groups is 1. The van der Waals surface area contributed by atoms with Crippen LogP contribution in [0.2, 0.25) is 10.0 Å². The van der Waals surface area contributed by atoms with Crippen LogP contribution in [0.4, 0.5) is 5.69 Å². The number of hydrogen-bond acceptors (Lipinski definition) is 5. The number of morpholine rings is 1. The Morgan fingerprint density at radius 1 is 1.17 bits per heavy atom. The molecule has 0 saturated carbocycles. The monoisotopic (exact) mass is 472 g/mol. The van der Waals surface area contributed by atoms with Crippen molar-refractivity contribution in [3.05, 3.63) is 52.0 Å². The van der Waals surface area contributed by atoms with Crippen LogP contribution < -0.4 is 10.1 Å². The molecule has 1 aliphatic heterocycles. The number of hydrogen-bond donors (Lipinski definition) is 1. The second kappa shape index (κ2) is 9.98. The first kappa shape index (κ1) is 22.8. The third-order valence-corrected chi connectivity index (χ3v) is 7.14. The van der Waals surface area contributed by atoms with Gasteiger partial charge in [-0.2, -0.15) is 4.31 Å². The molecule has 0 aromatic heterocycles. The highest BCUT2D eigenvalue weighted by molar-refractivity contribution is 7.89. The summed E-state index contributed by atoms with van der Waals surface area (Å²) in [6.45, 7) is 3.26. The van der Waals surface area contributed by atoms with Crippen molar-refractivity contribution in [3.8, 4) is 5.75 Å². The SMILES string of the molecule is CCOc1ccc(NC(=O)Cc2c(Cl)cccc2Cl)cc1S(=O)(=O)N1CCOCC1. The van der Waals surface area contributed by atoms with Crippen LogP contribution in [0.5, 0.6) is 5.75 Å². The lowest BCUT2D eigenvalue weighted by Gasteiger charge is -2.27. The van der Waals surface area contributed by atoms with Crippen molar-refractivity contribution in [3.63, 3.8) is 0 Å². The van der Waals surface area contributed by atoms with E-state index in [4.69, 9.17) is 32.7 Å². The Balaban J connectivity index is 1.85. The molecule has 1 saturated heterocycles. The Kier molecular flexibility index (Phi) is 7.60. The van der Waals surface area contributed by atoms with E-state index in [9.17, 15) is 13.2 Å². The van der Waals surface area contributed by atoms with Gasteiger partial charge in [0.05, 0.1) is 26.2 Å². The highest BCUT2D eigenvalue weighted by Gasteiger charge is 2.29. The van der Waals surface area contributed by atoms with Gasteiger partial charge in [0.15, 0.2) is 0 Å². The highest BCUT2D eigenvalue weighted by Crippen LogP contribution is 2.31. The summed E-state index contributed by atoms with van der Waals surface area (Å²) in [7, 11) is -3.81. The molecule has 1 amide bonds. The molecular formula is C20H22Cl2N2O5S. The number of nitrogens with zero attached hydrogens (tertiary/aromatic N) is 1. The first-order chi connectivity index (χ1) is 14.3. The summed E-state index contributed by atoms with van der Waals surface area (Å²) < 4.78 is 38.4. The molecule has 30 heavy (non-hydrogen) atoms. The first-order valence-corrected chi connectivity index (χ1v) is 11.6. The Morgan fingerprint density at radius 2 is 1.83 bits per heavy atom. The Bertz CT molecular complexity index is 1000. The predicted molar refractivity (Wildman–Crippen MR) is 116 cm³/mol. The molecule has 0 spiro atoms. The maximum atomic E-state index is 13.1. The van der Waals surface area contributed by atoms with Gasteiger partial charge >= 0.3 is 0 Å². The lowest BCUT2D eigenvalue weighted by molar-refractivity contribution is -0.115. The van der Waals surface area contributed by atoms with Gasteiger partial charge in [-0.3, -0.25) is 4.79 Å². The van der Waals surface area contributed by atoms with Crippen molar-refractivity contribution in [2.75, 3.05) is 38.2 Å². The van der Waals surface area contributed by atoms with Gasteiger partial charge in [0.2, 0.25) is 15.9 Å². The fourth-order valence-electron chi connectivity index (χ4n) is 3.06. The number of anilines is 1. The third kappa shape index (κ3) is 5.25. The van der Waals surface area contributed by atoms with E-state index < -0.39 is 10.0 Å². The number of rotatable bonds is 7. The van der Waals surface area contributed by atoms with E-state index in [1.165, 1.54) is 16.4 Å². The summed E-state index contributed by atoms with van der Waals surface area (Å²) in [6.07, 6.45) is -0.0444. The summed E-state index contributed by atoms with van der Waals surface area (Å²) in [5.74, 6) is -0.139. The minimum absolute atomic E-state index is 0.000161. The number of nitrogens with one attached hydrogen (secondary N) is 1. The normalized spacial score (nSPS) is 15.0. The van der Waals surface area contributed by atoms with Crippen molar-refractivity contribution >= 4 is 44.8 Å². The summed E-state index contributed by atoms with van der Waals surface area (Å²) >= 11 is 12.3. The van der Waals surface area contributed by atoms with Crippen molar-refractivity contribution in [1.82, 2.24) is 4.31 Å². The van der Waals surface area contributed by atoms with Crippen LogP contribution in [0.1, 0.15) is 12.5 Å². The van der Waals surface area contributed by atoms with Crippen LogP contribution in [0.15, 0.2) is 41.3 Å². The minimum atomic E-state index is -3.81. The Hall–Kier alpha value is -1.84. The van der Waals surface area contributed by atoms with Gasteiger partial charge in [0, 0.05) is 28.8 Å². The van der Waals surface area contributed by atoms with E-state index >= 15 is 0 Å². The van der Waals surface area contributed by atoms with Gasteiger partial charge in [-0.1, -0.05) is 29.3 Å². The molecule has 1 heterocycles. The molecule has 1 N–H and O–H groups in total. The van der Waals surface area contributed by atoms with Crippen molar-refractivity contribution in [2.24, 2.45) is 0 Å². The lowest BCUT2D eigenvalue weighted by Crippen LogP contribution is -2.40. The largest absolute Gasteiger partial charge is 0.492 e. The van der Waals surface area contributed by atoms with Crippen molar-refractivity contribution < 1.29 is 22.7 Å². The molecule has 0 aliphatic carbocycles. The summed E-state index contributed by atoms with van der Waals surface area (Å²) in [4.78, 5) is 12.5. The van der Waals surface area contributed by atoms with Gasteiger partial charge in [-0.25, -0.2) is 8.42 Å². The molecule has 7 nitrogen and oxygen atoms in total. The maximum absolute atomic E-state index is 13.1. The quantitative estimate of drug-likeness (QED) is 0.665.